The number of carbonyl (C=O) groups is 3. The molecule has 34 heavy (non-hydrogen) atoms. The van der Waals surface area contributed by atoms with Gasteiger partial charge in [-0.25, -0.2) is 0 Å². The van der Waals surface area contributed by atoms with Crippen LogP contribution in [0.5, 0.6) is 0 Å². The molecular formula is C26H39N3O4S. The molecule has 7 atom stereocenters. The quantitative estimate of drug-likeness (QED) is 0.530. The fraction of sp³-hybridized carbons (Fsp3) is 0.731. The van der Waals surface area contributed by atoms with Gasteiger partial charge in [0, 0.05) is 30.9 Å². The Labute approximate surface area is 207 Å². The number of hydrogen-bond donors (Lipinski definition) is 1. The minimum atomic E-state index is -0.804. The Kier molecular flexibility index (Phi) is 7.48. The number of hydrogen-bond acceptors (Lipinski definition) is 5. The zero-order valence-electron chi connectivity index (χ0n) is 20.9. The third-order valence-corrected chi connectivity index (χ3v) is 9.76. The molecule has 4 heterocycles. The lowest BCUT2D eigenvalue weighted by Crippen LogP contribution is -2.57. The van der Waals surface area contributed by atoms with Crippen LogP contribution in [-0.4, -0.2) is 91.9 Å². The molecule has 2 fully saturated rings. The van der Waals surface area contributed by atoms with Gasteiger partial charge in [-0.05, 0) is 26.2 Å². The van der Waals surface area contributed by atoms with Gasteiger partial charge in [0.1, 0.15) is 6.04 Å². The lowest BCUT2D eigenvalue weighted by atomic mass is 9.78. The van der Waals surface area contributed by atoms with Crippen LogP contribution in [0.25, 0.3) is 0 Å². The minimum absolute atomic E-state index is 0.0125. The lowest BCUT2D eigenvalue weighted by Gasteiger charge is -2.39. The molecule has 188 valence electrons. The zero-order valence-corrected chi connectivity index (χ0v) is 21.7. The van der Waals surface area contributed by atoms with E-state index in [9.17, 15) is 19.5 Å². The van der Waals surface area contributed by atoms with Crippen molar-refractivity contribution in [2.75, 3.05) is 26.2 Å². The molecule has 4 rings (SSSR count). The van der Waals surface area contributed by atoms with Gasteiger partial charge in [-0.3, -0.25) is 14.4 Å². The molecule has 0 aliphatic carbocycles. The van der Waals surface area contributed by atoms with Crippen LogP contribution in [0.4, 0.5) is 0 Å². The fourth-order valence-corrected chi connectivity index (χ4v) is 8.39. The average molecular weight is 490 g/mol. The van der Waals surface area contributed by atoms with E-state index >= 15 is 0 Å². The maximum atomic E-state index is 14.2. The molecule has 0 saturated carbocycles. The molecule has 2 saturated heterocycles. The molecule has 1 spiro atoms. The van der Waals surface area contributed by atoms with Crippen LogP contribution in [0.15, 0.2) is 24.3 Å². The smallest absolute Gasteiger partial charge is 0.247 e. The van der Waals surface area contributed by atoms with Crippen LogP contribution in [0, 0.1) is 11.8 Å². The largest absolute Gasteiger partial charge is 0.394 e. The Balaban J connectivity index is 1.82. The standard InChI is InChI=1S/C26H39N3O4S/c1-5-10-17(4)28-15-9-12-26-21(24(32)29(18(7-3)16-30)22(26)25(28)33)20-19(34-26)11-8-14-27(13-6-2)23(20)31/h8-9,11-12,17-22,30H,5-7,10,13-16H2,1-4H3/t17?,18-,19+,20-,21-,22?,26-/m0/s1. The second-order valence-electron chi connectivity index (χ2n) is 10.1. The molecule has 4 aliphatic heterocycles. The van der Waals surface area contributed by atoms with Gasteiger partial charge < -0.3 is 19.8 Å². The normalized spacial score (nSPS) is 34.6. The Morgan fingerprint density at radius 2 is 1.85 bits per heavy atom. The second kappa shape index (κ2) is 10.1. The maximum Gasteiger partial charge on any atom is 0.247 e. The van der Waals surface area contributed by atoms with Crippen LogP contribution in [0.1, 0.15) is 53.4 Å². The van der Waals surface area contributed by atoms with Crippen molar-refractivity contribution in [3.63, 3.8) is 0 Å². The Morgan fingerprint density at radius 1 is 1.09 bits per heavy atom. The highest BCUT2D eigenvalue weighted by molar-refractivity contribution is 8.02. The van der Waals surface area contributed by atoms with Gasteiger partial charge in [0.15, 0.2) is 0 Å². The van der Waals surface area contributed by atoms with Gasteiger partial charge in [0.25, 0.3) is 0 Å². The highest BCUT2D eigenvalue weighted by Crippen LogP contribution is 2.61. The van der Waals surface area contributed by atoms with Crippen LogP contribution in [0.3, 0.4) is 0 Å². The summed E-state index contributed by atoms with van der Waals surface area (Å²) in [7, 11) is 0. The monoisotopic (exact) mass is 489 g/mol. The highest BCUT2D eigenvalue weighted by Gasteiger charge is 2.71. The van der Waals surface area contributed by atoms with E-state index in [1.54, 1.807) is 16.7 Å². The minimum Gasteiger partial charge on any atom is -0.394 e. The third kappa shape index (κ3) is 3.81. The van der Waals surface area contributed by atoms with Crippen molar-refractivity contribution in [2.24, 2.45) is 11.8 Å². The van der Waals surface area contributed by atoms with Crippen LogP contribution >= 0.6 is 11.8 Å². The maximum absolute atomic E-state index is 14.2. The molecule has 1 N–H and O–H groups in total. The summed E-state index contributed by atoms with van der Waals surface area (Å²) < 4.78 is -0.804. The number of aliphatic hydroxyl groups excluding tert-OH is 1. The van der Waals surface area contributed by atoms with E-state index in [1.807, 2.05) is 28.9 Å². The van der Waals surface area contributed by atoms with Crippen molar-refractivity contribution >= 4 is 29.5 Å². The molecule has 3 amide bonds. The van der Waals surface area contributed by atoms with E-state index < -0.39 is 28.7 Å². The molecule has 0 radical (unpaired) electrons. The highest BCUT2D eigenvalue weighted by atomic mass is 32.2. The summed E-state index contributed by atoms with van der Waals surface area (Å²) in [5, 5.41) is 10.0. The number of amides is 3. The summed E-state index contributed by atoms with van der Waals surface area (Å²) in [4.78, 5) is 47.5. The average Bonchev–Trinajstić information content (AvgIpc) is 3.13. The molecule has 0 aromatic rings. The van der Waals surface area contributed by atoms with Crippen molar-refractivity contribution < 1.29 is 19.5 Å². The predicted octanol–water partition coefficient (Wildman–Crippen LogP) is 2.45. The number of fused-ring (bicyclic) bond motifs is 2. The van der Waals surface area contributed by atoms with Crippen molar-refractivity contribution in [1.82, 2.24) is 14.7 Å². The first kappa shape index (κ1) is 25.3. The van der Waals surface area contributed by atoms with Crippen molar-refractivity contribution in [3.05, 3.63) is 24.3 Å². The molecule has 7 nitrogen and oxygen atoms in total. The summed E-state index contributed by atoms with van der Waals surface area (Å²) in [5.41, 5.74) is 0. The molecule has 0 aromatic heterocycles. The van der Waals surface area contributed by atoms with E-state index in [1.165, 1.54) is 0 Å². The molecule has 8 heteroatoms. The SMILES string of the molecule is CCCC(C)N1CC=C[C@]23S[C@@H]4C=CCN(CCC)C(=O)[C@@H]4[C@H]2C(=O)N([C@@H](CC)CO)C3C1=O. The molecule has 2 unspecified atom stereocenters. The zero-order chi connectivity index (χ0) is 24.6. The van der Waals surface area contributed by atoms with Crippen LogP contribution in [-0.2, 0) is 14.4 Å². The number of likely N-dealkylation sites (tertiary alicyclic amines) is 1. The third-order valence-electron chi connectivity index (χ3n) is 8.02. The van der Waals surface area contributed by atoms with Crippen LogP contribution in [0.2, 0.25) is 0 Å². The number of carbonyl (C=O) groups excluding carboxylic acids is 3. The van der Waals surface area contributed by atoms with Gasteiger partial charge in [0.05, 0.1) is 29.2 Å². The summed E-state index contributed by atoms with van der Waals surface area (Å²) in [5.74, 6) is -1.31. The van der Waals surface area contributed by atoms with E-state index in [-0.39, 0.29) is 35.6 Å². The number of thioether (sulfide) groups is 1. The van der Waals surface area contributed by atoms with E-state index in [4.69, 9.17) is 0 Å². The summed E-state index contributed by atoms with van der Waals surface area (Å²) in [6.45, 7) is 9.68. The summed E-state index contributed by atoms with van der Waals surface area (Å²) >= 11 is 1.61. The molecule has 0 aromatic carbocycles. The van der Waals surface area contributed by atoms with E-state index in [0.29, 0.717) is 26.1 Å². The van der Waals surface area contributed by atoms with Gasteiger partial charge >= 0.3 is 0 Å². The van der Waals surface area contributed by atoms with Crippen molar-refractivity contribution in [3.8, 4) is 0 Å². The first-order chi connectivity index (χ1) is 16.4. The van der Waals surface area contributed by atoms with Crippen molar-refractivity contribution in [1.29, 1.82) is 0 Å². The fourth-order valence-electron chi connectivity index (χ4n) is 6.39. The molecular weight excluding hydrogens is 450 g/mol. The van der Waals surface area contributed by atoms with Gasteiger partial charge in [0.2, 0.25) is 17.7 Å². The Bertz CT molecular complexity index is 872. The van der Waals surface area contributed by atoms with Gasteiger partial charge in [-0.2, -0.15) is 0 Å². The lowest BCUT2D eigenvalue weighted by molar-refractivity contribution is -0.147. The second-order valence-corrected chi connectivity index (χ2v) is 11.6. The Hall–Kier alpha value is -1.80. The topological polar surface area (TPSA) is 81.2 Å². The van der Waals surface area contributed by atoms with Crippen molar-refractivity contribution in [2.45, 2.75) is 81.5 Å². The van der Waals surface area contributed by atoms with Crippen LogP contribution < -0.4 is 0 Å². The molecule has 0 bridgehead atoms. The summed E-state index contributed by atoms with van der Waals surface area (Å²) in [6.07, 6.45) is 11.5. The first-order valence-electron chi connectivity index (χ1n) is 12.9. The predicted molar refractivity (Wildman–Crippen MR) is 134 cm³/mol. The van der Waals surface area contributed by atoms with Gasteiger partial charge in [-0.15, -0.1) is 11.8 Å². The van der Waals surface area contributed by atoms with Gasteiger partial charge in [-0.1, -0.05) is 51.5 Å². The summed E-state index contributed by atoms with van der Waals surface area (Å²) in [6, 6.07) is -1.10. The van der Waals surface area contributed by atoms with E-state index in [2.05, 4.69) is 32.9 Å². The molecule has 4 aliphatic rings. The number of nitrogens with zero attached hydrogens (tertiary/aromatic N) is 3. The first-order valence-corrected chi connectivity index (χ1v) is 13.8. The van der Waals surface area contributed by atoms with E-state index in [0.717, 1.165) is 19.3 Å². The Morgan fingerprint density at radius 3 is 2.50 bits per heavy atom. The number of aliphatic hydroxyl groups is 1. The number of rotatable bonds is 8.